The summed E-state index contributed by atoms with van der Waals surface area (Å²) in [6, 6.07) is 5.73. The monoisotopic (exact) mass is 546 g/mol. The highest BCUT2D eigenvalue weighted by Gasteiger charge is 2.60. The quantitative estimate of drug-likeness (QED) is 0.180. The Morgan fingerprint density at radius 2 is 2.08 bits per heavy atom. The van der Waals surface area contributed by atoms with Crippen LogP contribution in [0.3, 0.4) is 0 Å². The molecule has 6 unspecified atom stereocenters. The SMILES string of the molecule is CC(O)C1C(=O)N2C(C(=O)OCc3ccc([N+](=O)[O-])cc3)=C(SC3CC(C4CCNC4)N(CO)C3)C(C)[C@@H]12. The van der Waals surface area contributed by atoms with Crippen molar-refractivity contribution in [3.63, 3.8) is 0 Å². The first kappa shape index (κ1) is 27.1. The smallest absolute Gasteiger partial charge is 0.356 e. The number of nitro groups is 1. The van der Waals surface area contributed by atoms with Crippen molar-refractivity contribution >= 4 is 29.3 Å². The van der Waals surface area contributed by atoms with E-state index in [-0.39, 0.29) is 53.9 Å². The zero-order valence-electron chi connectivity index (χ0n) is 21.5. The van der Waals surface area contributed by atoms with Gasteiger partial charge < -0.3 is 25.2 Å². The van der Waals surface area contributed by atoms with Crippen molar-refractivity contribution in [2.75, 3.05) is 26.4 Å². The first-order valence-electron chi connectivity index (χ1n) is 13.1. The highest BCUT2D eigenvalue weighted by molar-refractivity contribution is 8.03. The second-order valence-electron chi connectivity index (χ2n) is 10.7. The van der Waals surface area contributed by atoms with Crippen LogP contribution in [0, 0.1) is 27.9 Å². The number of β-lactam (4-membered cyclic amide) rings is 1. The van der Waals surface area contributed by atoms with Crippen LogP contribution in [-0.4, -0.2) is 86.6 Å². The molecule has 0 saturated carbocycles. The van der Waals surface area contributed by atoms with Crippen LogP contribution in [0.4, 0.5) is 5.69 Å². The first-order chi connectivity index (χ1) is 18.2. The van der Waals surface area contributed by atoms with E-state index >= 15 is 0 Å². The average molecular weight is 547 g/mol. The van der Waals surface area contributed by atoms with Gasteiger partial charge in [-0.05, 0) is 56.5 Å². The number of carbonyl (C=O) groups is 2. The molecule has 3 N–H and O–H groups in total. The molecule has 38 heavy (non-hydrogen) atoms. The van der Waals surface area contributed by atoms with Gasteiger partial charge in [-0.15, -0.1) is 11.8 Å². The predicted octanol–water partition coefficient (Wildman–Crippen LogP) is 1.44. The van der Waals surface area contributed by atoms with Crippen LogP contribution in [0.15, 0.2) is 34.9 Å². The van der Waals surface area contributed by atoms with Gasteiger partial charge in [-0.25, -0.2) is 4.79 Å². The predicted molar refractivity (Wildman–Crippen MR) is 139 cm³/mol. The molecule has 0 bridgehead atoms. The first-order valence-corrected chi connectivity index (χ1v) is 14.0. The van der Waals surface area contributed by atoms with Gasteiger partial charge in [-0.3, -0.25) is 19.8 Å². The van der Waals surface area contributed by atoms with E-state index in [0.717, 1.165) is 30.8 Å². The number of amides is 1. The van der Waals surface area contributed by atoms with Crippen LogP contribution < -0.4 is 5.32 Å². The average Bonchev–Trinajstić information content (AvgIpc) is 3.61. The summed E-state index contributed by atoms with van der Waals surface area (Å²) in [5.41, 5.74) is 0.780. The van der Waals surface area contributed by atoms with Crippen molar-refractivity contribution < 1.29 is 29.5 Å². The van der Waals surface area contributed by atoms with Crippen LogP contribution in [0.2, 0.25) is 0 Å². The van der Waals surface area contributed by atoms with E-state index in [9.17, 15) is 29.9 Å². The second-order valence-corrected chi connectivity index (χ2v) is 12.0. The number of nitro benzene ring substituents is 1. The number of carbonyl (C=O) groups excluding carboxylic acids is 2. The fraction of sp³-hybridized carbons (Fsp3) is 0.615. The van der Waals surface area contributed by atoms with Crippen molar-refractivity contribution in [2.24, 2.45) is 17.8 Å². The van der Waals surface area contributed by atoms with Gasteiger partial charge in [0.15, 0.2) is 0 Å². The molecule has 3 saturated heterocycles. The van der Waals surface area contributed by atoms with Gasteiger partial charge in [0.25, 0.3) is 5.69 Å². The zero-order valence-corrected chi connectivity index (χ0v) is 22.3. The molecule has 12 heteroatoms. The summed E-state index contributed by atoms with van der Waals surface area (Å²) in [5, 5.41) is 34.7. The second kappa shape index (κ2) is 10.9. The molecule has 1 aromatic rings. The normalized spacial score (nSPS) is 31.9. The topological polar surface area (TPSA) is 145 Å². The molecule has 3 fully saturated rings. The lowest BCUT2D eigenvalue weighted by molar-refractivity contribution is -0.384. The van der Waals surface area contributed by atoms with Crippen LogP contribution in [0.25, 0.3) is 0 Å². The maximum absolute atomic E-state index is 13.4. The third kappa shape index (κ3) is 4.84. The number of ether oxygens (including phenoxy) is 1. The Morgan fingerprint density at radius 3 is 2.68 bits per heavy atom. The minimum Gasteiger partial charge on any atom is -0.456 e. The molecule has 4 heterocycles. The van der Waals surface area contributed by atoms with Crippen molar-refractivity contribution in [3.8, 4) is 0 Å². The van der Waals surface area contributed by atoms with Gasteiger partial charge in [0.05, 0.1) is 29.7 Å². The number of likely N-dealkylation sites (tertiary alicyclic amines) is 1. The van der Waals surface area contributed by atoms with Gasteiger partial charge in [-0.2, -0.15) is 0 Å². The summed E-state index contributed by atoms with van der Waals surface area (Å²) in [7, 11) is 0. The molecule has 1 aromatic carbocycles. The van der Waals surface area contributed by atoms with E-state index in [4.69, 9.17) is 4.74 Å². The number of nitrogens with one attached hydrogen (secondary N) is 1. The Labute approximate surface area is 225 Å². The molecule has 11 nitrogen and oxygen atoms in total. The fourth-order valence-electron chi connectivity index (χ4n) is 6.41. The summed E-state index contributed by atoms with van der Waals surface area (Å²) in [6.07, 6.45) is 1.11. The van der Waals surface area contributed by atoms with Gasteiger partial charge in [-0.1, -0.05) is 6.92 Å². The Bertz CT molecular complexity index is 1120. The number of esters is 1. The maximum Gasteiger partial charge on any atom is 0.356 e. The summed E-state index contributed by atoms with van der Waals surface area (Å²) < 4.78 is 5.60. The minimum atomic E-state index is -0.830. The largest absolute Gasteiger partial charge is 0.456 e. The summed E-state index contributed by atoms with van der Waals surface area (Å²) >= 11 is 1.59. The molecule has 5 rings (SSSR count). The van der Waals surface area contributed by atoms with Gasteiger partial charge >= 0.3 is 5.97 Å². The molecule has 4 aliphatic heterocycles. The zero-order chi connectivity index (χ0) is 27.1. The highest BCUT2D eigenvalue weighted by atomic mass is 32.2. The van der Waals surface area contributed by atoms with E-state index in [2.05, 4.69) is 10.2 Å². The fourth-order valence-corrected chi connectivity index (χ4v) is 7.98. The lowest BCUT2D eigenvalue weighted by atomic mass is 9.79. The summed E-state index contributed by atoms with van der Waals surface area (Å²) in [4.78, 5) is 41.2. The molecular formula is C26H34N4O7S. The van der Waals surface area contributed by atoms with E-state index in [1.165, 1.54) is 29.2 Å². The molecule has 1 amide bonds. The van der Waals surface area contributed by atoms with Crippen molar-refractivity contribution in [2.45, 2.75) is 56.7 Å². The third-order valence-corrected chi connectivity index (χ3v) is 9.84. The van der Waals surface area contributed by atoms with Crippen LogP contribution in [0.1, 0.15) is 32.3 Å². The lowest BCUT2D eigenvalue weighted by Gasteiger charge is -2.46. The number of benzene rings is 1. The van der Waals surface area contributed by atoms with E-state index in [1.54, 1.807) is 18.7 Å². The van der Waals surface area contributed by atoms with Crippen molar-refractivity contribution in [1.29, 1.82) is 0 Å². The van der Waals surface area contributed by atoms with Gasteiger partial charge in [0, 0.05) is 40.8 Å². The van der Waals surface area contributed by atoms with Crippen molar-refractivity contribution in [3.05, 3.63) is 50.5 Å². The Morgan fingerprint density at radius 1 is 1.34 bits per heavy atom. The molecule has 206 valence electrons. The van der Waals surface area contributed by atoms with Crippen molar-refractivity contribution in [1.82, 2.24) is 15.1 Å². The van der Waals surface area contributed by atoms with E-state index < -0.39 is 22.9 Å². The van der Waals surface area contributed by atoms with Crippen LogP contribution in [-0.2, 0) is 20.9 Å². The highest BCUT2D eigenvalue weighted by Crippen LogP contribution is 2.52. The van der Waals surface area contributed by atoms with Crippen LogP contribution in [0.5, 0.6) is 0 Å². The summed E-state index contributed by atoms with van der Waals surface area (Å²) in [6.45, 7) is 6.06. The molecule has 0 radical (unpaired) electrons. The Kier molecular flexibility index (Phi) is 7.79. The number of fused-ring (bicyclic) bond motifs is 1. The Hall–Kier alpha value is -2.51. The molecule has 0 aromatic heterocycles. The standard InChI is InChI=1S/C26H34N4O7S/c1-14-22-21(15(2)32)25(33)29(22)23(26(34)37-12-16-3-5-18(6-4-16)30(35)36)24(14)38-19-9-20(28(11-19)13-31)17-7-8-27-10-17/h3-6,14-15,17,19-22,27,31-32H,7-13H2,1-2H3/t14?,15?,17?,19?,20?,21?,22-/m0/s1. The number of non-ortho nitro benzene ring substituents is 1. The molecule has 0 aliphatic carbocycles. The number of hydrogen-bond acceptors (Lipinski definition) is 10. The number of hydrogen-bond donors (Lipinski definition) is 3. The van der Waals surface area contributed by atoms with Crippen LogP contribution >= 0.6 is 11.8 Å². The molecular weight excluding hydrogens is 512 g/mol. The Balaban J connectivity index is 1.36. The van der Waals surface area contributed by atoms with E-state index in [0.29, 0.717) is 18.0 Å². The molecule has 0 spiro atoms. The molecule has 7 atom stereocenters. The number of nitrogens with zero attached hydrogens (tertiary/aromatic N) is 3. The summed E-state index contributed by atoms with van der Waals surface area (Å²) in [5.74, 6) is -1.15. The maximum atomic E-state index is 13.4. The number of rotatable bonds is 9. The third-order valence-electron chi connectivity index (χ3n) is 8.35. The molecule has 4 aliphatic rings. The number of thioether (sulfide) groups is 1. The minimum absolute atomic E-state index is 0.0195. The van der Waals surface area contributed by atoms with Gasteiger partial charge in [0.1, 0.15) is 12.3 Å². The van der Waals surface area contributed by atoms with E-state index in [1.807, 2.05) is 6.92 Å². The number of aliphatic hydroxyl groups excluding tert-OH is 2. The van der Waals surface area contributed by atoms with Gasteiger partial charge in [0.2, 0.25) is 5.91 Å². The number of aliphatic hydroxyl groups is 2. The lowest BCUT2D eigenvalue weighted by Crippen LogP contribution is -2.63.